The minimum absolute atomic E-state index is 0.111. The van der Waals surface area contributed by atoms with Crippen LogP contribution in [0.4, 0.5) is 5.69 Å². The Bertz CT molecular complexity index is 676. The number of carbonyl (C=O) groups excluding carboxylic acids is 3. The number of esters is 1. The van der Waals surface area contributed by atoms with Crippen LogP contribution < -0.4 is 19.7 Å². The summed E-state index contributed by atoms with van der Waals surface area (Å²) in [5.41, 5.74) is 0.648. The molecular formula is C18H24N2O6. The molecule has 1 heterocycles. The smallest absolute Gasteiger partial charge is 0.307 e. The van der Waals surface area contributed by atoms with Crippen molar-refractivity contribution in [2.24, 2.45) is 5.92 Å². The third-order valence-electron chi connectivity index (χ3n) is 4.11. The van der Waals surface area contributed by atoms with Gasteiger partial charge in [0.25, 0.3) is 0 Å². The number of benzene rings is 1. The molecule has 1 N–H and O–H groups in total. The van der Waals surface area contributed by atoms with E-state index in [1.54, 1.807) is 30.0 Å². The third-order valence-corrected chi connectivity index (χ3v) is 4.11. The molecule has 0 bridgehead atoms. The Morgan fingerprint density at radius 3 is 2.62 bits per heavy atom. The molecule has 8 heteroatoms. The first kappa shape index (κ1) is 19.6. The number of anilines is 1. The van der Waals surface area contributed by atoms with Gasteiger partial charge in [0.1, 0.15) is 0 Å². The van der Waals surface area contributed by atoms with E-state index >= 15 is 0 Å². The topological polar surface area (TPSA) is 94.2 Å². The van der Waals surface area contributed by atoms with Gasteiger partial charge >= 0.3 is 5.97 Å². The highest BCUT2D eigenvalue weighted by Gasteiger charge is 2.35. The number of rotatable bonds is 8. The van der Waals surface area contributed by atoms with E-state index in [4.69, 9.17) is 14.2 Å². The van der Waals surface area contributed by atoms with Crippen molar-refractivity contribution in [3.05, 3.63) is 18.2 Å². The highest BCUT2D eigenvalue weighted by Crippen LogP contribution is 2.34. The lowest BCUT2D eigenvalue weighted by Crippen LogP contribution is -2.34. The molecule has 0 aromatic heterocycles. The first-order valence-corrected chi connectivity index (χ1v) is 8.45. The van der Waals surface area contributed by atoms with Gasteiger partial charge in [-0.1, -0.05) is 0 Å². The normalized spacial score (nSPS) is 16.3. The number of nitrogens with one attached hydrogen (secondary N) is 1. The summed E-state index contributed by atoms with van der Waals surface area (Å²) in [5, 5.41) is 2.68. The molecule has 1 atom stereocenters. The van der Waals surface area contributed by atoms with Gasteiger partial charge in [0.05, 0.1) is 33.2 Å². The van der Waals surface area contributed by atoms with Crippen LogP contribution in [-0.2, 0) is 19.1 Å². The van der Waals surface area contributed by atoms with E-state index in [2.05, 4.69) is 5.32 Å². The van der Waals surface area contributed by atoms with E-state index in [-0.39, 0.29) is 43.7 Å². The number of nitrogens with zero attached hydrogens (tertiary/aromatic N) is 1. The lowest BCUT2D eigenvalue weighted by atomic mass is 10.1. The van der Waals surface area contributed by atoms with Crippen molar-refractivity contribution in [1.82, 2.24) is 5.32 Å². The molecule has 1 aliphatic rings. The molecule has 142 valence electrons. The van der Waals surface area contributed by atoms with Gasteiger partial charge in [0.15, 0.2) is 11.5 Å². The monoisotopic (exact) mass is 364 g/mol. The summed E-state index contributed by atoms with van der Waals surface area (Å²) in [6.07, 6.45) is 0.235. The molecule has 26 heavy (non-hydrogen) atoms. The van der Waals surface area contributed by atoms with E-state index in [1.165, 1.54) is 14.2 Å². The summed E-state index contributed by atoms with van der Waals surface area (Å²) in [7, 11) is 3.06. The summed E-state index contributed by atoms with van der Waals surface area (Å²) in [5.74, 6) is -0.121. The third kappa shape index (κ3) is 4.65. The second-order valence-electron chi connectivity index (χ2n) is 5.79. The van der Waals surface area contributed by atoms with Gasteiger partial charge in [0.2, 0.25) is 11.8 Å². The molecular weight excluding hydrogens is 340 g/mol. The van der Waals surface area contributed by atoms with Crippen LogP contribution >= 0.6 is 0 Å². The van der Waals surface area contributed by atoms with Crippen LogP contribution in [0.1, 0.15) is 19.8 Å². The molecule has 1 aromatic carbocycles. The standard InChI is InChI=1S/C18H24N2O6/c1-4-26-17(22)7-8-19-18(23)12-9-16(21)20(11-12)13-5-6-14(24-2)15(10-13)25-3/h5-6,10,12H,4,7-9,11H2,1-3H3,(H,19,23). The Kier molecular flexibility index (Phi) is 6.82. The van der Waals surface area contributed by atoms with Gasteiger partial charge in [-0.25, -0.2) is 0 Å². The number of carbonyl (C=O) groups is 3. The van der Waals surface area contributed by atoms with E-state index in [1.807, 2.05) is 0 Å². The molecule has 1 aliphatic heterocycles. The van der Waals surface area contributed by atoms with Crippen LogP contribution in [0.5, 0.6) is 11.5 Å². The zero-order chi connectivity index (χ0) is 19.1. The fourth-order valence-corrected chi connectivity index (χ4v) is 2.79. The van der Waals surface area contributed by atoms with Gasteiger partial charge in [-0.2, -0.15) is 0 Å². The Labute approximate surface area is 152 Å². The molecule has 1 saturated heterocycles. The average molecular weight is 364 g/mol. The molecule has 2 amide bonds. The molecule has 1 unspecified atom stereocenters. The first-order chi connectivity index (χ1) is 12.5. The number of ether oxygens (including phenoxy) is 3. The van der Waals surface area contributed by atoms with Crippen molar-refractivity contribution >= 4 is 23.5 Å². The lowest BCUT2D eigenvalue weighted by molar-refractivity contribution is -0.143. The molecule has 1 aromatic rings. The second-order valence-corrected chi connectivity index (χ2v) is 5.79. The molecule has 1 fully saturated rings. The van der Waals surface area contributed by atoms with Gasteiger partial charge in [0, 0.05) is 31.3 Å². The van der Waals surface area contributed by atoms with Crippen molar-refractivity contribution in [1.29, 1.82) is 0 Å². The van der Waals surface area contributed by atoms with Gasteiger partial charge in [-0.05, 0) is 19.1 Å². The second kappa shape index (κ2) is 9.07. The summed E-state index contributed by atoms with van der Waals surface area (Å²) in [4.78, 5) is 37.4. The largest absolute Gasteiger partial charge is 0.493 e. The predicted octanol–water partition coefficient (Wildman–Crippen LogP) is 1.13. The fourth-order valence-electron chi connectivity index (χ4n) is 2.79. The number of hydrogen-bond acceptors (Lipinski definition) is 6. The minimum atomic E-state index is -0.460. The van der Waals surface area contributed by atoms with E-state index < -0.39 is 5.92 Å². The number of hydrogen-bond donors (Lipinski definition) is 1. The number of amides is 2. The van der Waals surface area contributed by atoms with Crippen molar-refractivity contribution in [3.63, 3.8) is 0 Å². The van der Waals surface area contributed by atoms with Crippen molar-refractivity contribution in [2.75, 3.05) is 38.8 Å². The Morgan fingerprint density at radius 2 is 1.96 bits per heavy atom. The van der Waals surface area contributed by atoms with Gasteiger partial charge < -0.3 is 24.4 Å². The van der Waals surface area contributed by atoms with Gasteiger partial charge in [-0.15, -0.1) is 0 Å². The van der Waals surface area contributed by atoms with E-state index in [0.717, 1.165) is 0 Å². The Hall–Kier alpha value is -2.77. The van der Waals surface area contributed by atoms with Gasteiger partial charge in [-0.3, -0.25) is 14.4 Å². The first-order valence-electron chi connectivity index (χ1n) is 8.45. The van der Waals surface area contributed by atoms with Crippen LogP contribution in [0.15, 0.2) is 18.2 Å². The Balaban J connectivity index is 1.95. The van der Waals surface area contributed by atoms with E-state index in [9.17, 15) is 14.4 Å². The predicted molar refractivity (Wildman–Crippen MR) is 94.3 cm³/mol. The van der Waals surface area contributed by atoms with Crippen LogP contribution in [0.2, 0.25) is 0 Å². The summed E-state index contributed by atoms with van der Waals surface area (Å²) >= 11 is 0. The summed E-state index contributed by atoms with van der Waals surface area (Å²) in [6.45, 7) is 2.51. The molecule has 0 saturated carbocycles. The van der Waals surface area contributed by atoms with Crippen LogP contribution in [-0.4, -0.2) is 51.7 Å². The van der Waals surface area contributed by atoms with E-state index in [0.29, 0.717) is 23.8 Å². The summed E-state index contributed by atoms with van der Waals surface area (Å²) < 4.78 is 15.3. The minimum Gasteiger partial charge on any atom is -0.493 e. The highest BCUT2D eigenvalue weighted by atomic mass is 16.5. The van der Waals surface area contributed by atoms with Crippen molar-refractivity contribution in [3.8, 4) is 11.5 Å². The van der Waals surface area contributed by atoms with Crippen molar-refractivity contribution in [2.45, 2.75) is 19.8 Å². The average Bonchev–Trinajstić information content (AvgIpc) is 3.03. The molecule has 0 spiro atoms. The highest BCUT2D eigenvalue weighted by molar-refractivity contribution is 6.00. The Morgan fingerprint density at radius 1 is 1.23 bits per heavy atom. The maximum atomic E-state index is 12.3. The zero-order valence-corrected chi connectivity index (χ0v) is 15.2. The molecule has 8 nitrogen and oxygen atoms in total. The van der Waals surface area contributed by atoms with Crippen molar-refractivity contribution < 1.29 is 28.6 Å². The van der Waals surface area contributed by atoms with Crippen LogP contribution in [0.25, 0.3) is 0 Å². The molecule has 0 aliphatic carbocycles. The maximum Gasteiger partial charge on any atom is 0.307 e. The molecule has 2 rings (SSSR count). The zero-order valence-electron chi connectivity index (χ0n) is 15.2. The fraction of sp³-hybridized carbons (Fsp3) is 0.500. The quantitative estimate of drug-likeness (QED) is 0.695. The SMILES string of the molecule is CCOC(=O)CCNC(=O)C1CC(=O)N(c2ccc(OC)c(OC)c2)C1. The van der Waals surface area contributed by atoms with Crippen LogP contribution in [0, 0.1) is 5.92 Å². The number of methoxy groups -OCH3 is 2. The molecule has 0 radical (unpaired) electrons. The maximum absolute atomic E-state index is 12.3. The van der Waals surface area contributed by atoms with Crippen LogP contribution in [0.3, 0.4) is 0 Å². The summed E-state index contributed by atoms with van der Waals surface area (Å²) in [6, 6.07) is 5.17. The lowest BCUT2D eigenvalue weighted by Gasteiger charge is -2.18.